The lowest BCUT2D eigenvalue weighted by atomic mass is 9.78. The molecule has 0 unspecified atom stereocenters. The van der Waals surface area contributed by atoms with Gasteiger partial charge in [-0.05, 0) is 43.5 Å². The van der Waals surface area contributed by atoms with E-state index in [1.165, 1.54) is 4.31 Å². The first-order valence-corrected chi connectivity index (χ1v) is 10.8. The van der Waals surface area contributed by atoms with Crippen LogP contribution in [0.3, 0.4) is 0 Å². The summed E-state index contributed by atoms with van der Waals surface area (Å²) in [6.07, 6.45) is 1.42. The summed E-state index contributed by atoms with van der Waals surface area (Å²) in [4.78, 5) is 12.1. The lowest BCUT2D eigenvalue weighted by Gasteiger charge is -2.41. The molecule has 0 spiro atoms. The molecule has 0 aromatic heterocycles. The number of para-hydroxylation sites is 1. The number of ether oxygens (including phenoxy) is 1. The quantitative estimate of drug-likeness (QED) is 0.771. The van der Waals surface area contributed by atoms with Crippen LogP contribution in [0.5, 0.6) is 5.75 Å². The predicted octanol–water partition coefficient (Wildman–Crippen LogP) is 2.72. The third-order valence-electron chi connectivity index (χ3n) is 5.18. The molecule has 0 radical (unpaired) electrons. The molecule has 1 saturated heterocycles. The molecular weight excluding hydrogens is 376 g/mol. The fourth-order valence-corrected chi connectivity index (χ4v) is 5.61. The highest BCUT2D eigenvalue weighted by molar-refractivity contribution is 7.89. The highest BCUT2D eigenvalue weighted by Crippen LogP contribution is 2.37. The van der Waals surface area contributed by atoms with E-state index in [1.54, 1.807) is 25.1 Å². The van der Waals surface area contributed by atoms with E-state index in [1.807, 2.05) is 36.4 Å². The van der Waals surface area contributed by atoms with E-state index in [-0.39, 0.29) is 19.6 Å². The topological polar surface area (TPSA) is 89.7 Å². The number of nitrogens with zero attached hydrogens (tertiary/aromatic N) is 1. The number of piperidine rings is 1. The number of nitrogens with two attached hydrogens (primary N) is 1. The predicted molar refractivity (Wildman–Crippen MR) is 107 cm³/mol. The van der Waals surface area contributed by atoms with E-state index in [9.17, 15) is 13.2 Å². The molecule has 28 heavy (non-hydrogen) atoms. The Hall–Kier alpha value is -2.38. The van der Waals surface area contributed by atoms with E-state index < -0.39 is 21.3 Å². The van der Waals surface area contributed by atoms with Gasteiger partial charge in [-0.3, -0.25) is 4.79 Å². The third kappa shape index (κ3) is 4.54. The van der Waals surface area contributed by atoms with Crippen molar-refractivity contribution in [2.24, 2.45) is 11.1 Å². The SMILES string of the molecule is Cc1ccccc1S(=O)(=O)N1CCC[C@](COc2ccccc2)(CC(N)=O)C1. The van der Waals surface area contributed by atoms with Gasteiger partial charge in [-0.1, -0.05) is 36.4 Å². The lowest BCUT2D eigenvalue weighted by molar-refractivity contribution is -0.121. The summed E-state index contributed by atoms with van der Waals surface area (Å²) in [6.45, 7) is 2.65. The van der Waals surface area contributed by atoms with Crippen LogP contribution < -0.4 is 10.5 Å². The minimum atomic E-state index is -3.66. The molecule has 2 aromatic rings. The fraction of sp³-hybridized carbons (Fsp3) is 0.381. The molecule has 1 amide bonds. The summed E-state index contributed by atoms with van der Waals surface area (Å²) in [5, 5.41) is 0. The minimum Gasteiger partial charge on any atom is -0.493 e. The third-order valence-corrected chi connectivity index (χ3v) is 7.18. The van der Waals surface area contributed by atoms with Crippen molar-refractivity contribution in [3.63, 3.8) is 0 Å². The second-order valence-corrected chi connectivity index (χ2v) is 9.36. The Morgan fingerprint density at radius 3 is 2.50 bits per heavy atom. The molecule has 1 aliphatic rings. The molecule has 0 bridgehead atoms. The van der Waals surface area contributed by atoms with Crippen molar-refractivity contribution in [3.8, 4) is 5.75 Å². The molecule has 2 N–H and O–H groups in total. The Bertz CT molecular complexity index is 930. The van der Waals surface area contributed by atoms with Gasteiger partial charge in [0.1, 0.15) is 5.75 Å². The molecule has 7 heteroatoms. The zero-order chi connectivity index (χ0) is 20.2. The maximum absolute atomic E-state index is 13.2. The van der Waals surface area contributed by atoms with E-state index in [2.05, 4.69) is 0 Å². The summed E-state index contributed by atoms with van der Waals surface area (Å²) < 4.78 is 33.8. The molecule has 6 nitrogen and oxygen atoms in total. The van der Waals surface area contributed by atoms with Crippen LogP contribution in [0, 0.1) is 12.3 Å². The Labute approximate surface area is 166 Å². The maximum Gasteiger partial charge on any atom is 0.243 e. The average Bonchev–Trinajstić information content (AvgIpc) is 2.67. The highest BCUT2D eigenvalue weighted by atomic mass is 32.2. The second-order valence-electron chi connectivity index (χ2n) is 7.45. The minimum absolute atomic E-state index is 0.0830. The normalized spacial score (nSPS) is 20.6. The summed E-state index contributed by atoms with van der Waals surface area (Å²) in [5.41, 5.74) is 5.56. The fourth-order valence-electron chi connectivity index (χ4n) is 3.79. The van der Waals surface area contributed by atoms with Gasteiger partial charge < -0.3 is 10.5 Å². The van der Waals surface area contributed by atoms with Crippen molar-refractivity contribution in [1.29, 1.82) is 0 Å². The van der Waals surface area contributed by atoms with Crippen molar-refractivity contribution < 1.29 is 17.9 Å². The number of rotatable bonds is 7. The van der Waals surface area contributed by atoms with E-state index >= 15 is 0 Å². The van der Waals surface area contributed by atoms with Gasteiger partial charge in [-0.2, -0.15) is 4.31 Å². The van der Waals surface area contributed by atoms with E-state index in [4.69, 9.17) is 10.5 Å². The van der Waals surface area contributed by atoms with E-state index in [0.29, 0.717) is 35.6 Å². The van der Waals surface area contributed by atoms with Crippen LogP contribution in [-0.2, 0) is 14.8 Å². The van der Waals surface area contributed by atoms with Gasteiger partial charge in [-0.15, -0.1) is 0 Å². The molecule has 1 aliphatic heterocycles. The Balaban J connectivity index is 1.85. The van der Waals surface area contributed by atoms with Gasteiger partial charge in [0.15, 0.2) is 0 Å². The van der Waals surface area contributed by atoms with Gasteiger partial charge in [0.05, 0.1) is 11.5 Å². The zero-order valence-corrected chi connectivity index (χ0v) is 16.8. The summed E-state index contributed by atoms with van der Waals surface area (Å²) in [5.74, 6) is 0.233. The molecule has 1 heterocycles. The summed E-state index contributed by atoms with van der Waals surface area (Å²) in [6, 6.07) is 16.2. The number of aryl methyl sites for hydroxylation is 1. The van der Waals surface area contributed by atoms with Crippen molar-refractivity contribution >= 4 is 15.9 Å². The Morgan fingerprint density at radius 2 is 1.82 bits per heavy atom. The summed E-state index contributed by atoms with van der Waals surface area (Å²) in [7, 11) is -3.66. The number of hydrogen-bond acceptors (Lipinski definition) is 4. The van der Waals surface area contributed by atoms with Crippen LogP contribution in [0.1, 0.15) is 24.8 Å². The van der Waals surface area contributed by atoms with Crippen LogP contribution >= 0.6 is 0 Å². The van der Waals surface area contributed by atoms with Crippen LogP contribution in [0.2, 0.25) is 0 Å². The van der Waals surface area contributed by atoms with Gasteiger partial charge in [0, 0.05) is 24.9 Å². The molecular formula is C21H26N2O4S. The lowest BCUT2D eigenvalue weighted by Crippen LogP contribution is -2.50. The average molecular weight is 403 g/mol. The van der Waals surface area contributed by atoms with E-state index in [0.717, 1.165) is 0 Å². The number of primary amides is 1. The largest absolute Gasteiger partial charge is 0.493 e. The van der Waals surface area contributed by atoms with Crippen molar-refractivity contribution in [2.45, 2.75) is 31.1 Å². The monoisotopic (exact) mass is 402 g/mol. The highest BCUT2D eigenvalue weighted by Gasteiger charge is 2.42. The molecule has 1 fully saturated rings. The van der Waals surface area contributed by atoms with Gasteiger partial charge in [0.25, 0.3) is 0 Å². The smallest absolute Gasteiger partial charge is 0.243 e. The van der Waals surface area contributed by atoms with Gasteiger partial charge >= 0.3 is 0 Å². The molecule has 0 saturated carbocycles. The van der Waals surface area contributed by atoms with Gasteiger partial charge in [0.2, 0.25) is 15.9 Å². The van der Waals surface area contributed by atoms with Crippen LogP contribution in [0.15, 0.2) is 59.5 Å². The van der Waals surface area contributed by atoms with Crippen LogP contribution in [0.25, 0.3) is 0 Å². The number of benzene rings is 2. The Morgan fingerprint density at radius 1 is 1.14 bits per heavy atom. The van der Waals surface area contributed by atoms with Crippen molar-refractivity contribution in [2.75, 3.05) is 19.7 Å². The molecule has 2 aromatic carbocycles. The zero-order valence-electron chi connectivity index (χ0n) is 16.0. The molecule has 3 rings (SSSR count). The standard InChI is InChI=1S/C21H26N2O4S/c1-17-8-5-6-11-19(17)28(25,26)23-13-7-12-21(15-23,14-20(22)24)16-27-18-9-3-2-4-10-18/h2-6,8-11H,7,12-16H2,1H3,(H2,22,24)/t21-/m0/s1. The Kier molecular flexibility index (Phi) is 6.05. The first kappa shape index (κ1) is 20.4. The van der Waals surface area contributed by atoms with Crippen molar-refractivity contribution in [3.05, 3.63) is 60.2 Å². The van der Waals surface area contributed by atoms with Crippen molar-refractivity contribution in [1.82, 2.24) is 4.31 Å². The van der Waals surface area contributed by atoms with Crippen LogP contribution in [0.4, 0.5) is 0 Å². The molecule has 150 valence electrons. The molecule has 1 atom stereocenters. The maximum atomic E-state index is 13.2. The number of hydrogen-bond donors (Lipinski definition) is 1. The first-order chi connectivity index (χ1) is 13.3. The summed E-state index contributed by atoms with van der Waals surface area (Å²) >= 11 is 0. The number of carbonyl (C=O) groups excluding carboxylic acids is 1. The second kappa shape index (κ2) is 8.32. The number of amides is 1. The number of sulfonamides is 1. The molecule has 0 aliphatic carbocycles. The van der Waals surface area contributed by atoms with Crippen LogP contribution in [-0.4, -0.2) is 38.3 Å². The number of carbonyl (C=O) groups is 1. The first-order valence-electron chi connectivity index (χ1n) is 9.34. The van der Waals surface area contributed by atoms with Gasteiger partial charge in [-0.25, -0.2) is 8.42 Å².